The van der Waals surface area contributed by atoms with Gasteiger partial charge in [-0.15, -0.1) is 5.92 Å². The second-order valence-electron chi connectivity index (χ2n) is 2.43. The molecule has 0 spiro atoms. The minimum absolute atomic E-state index is 0.0367. The molecule has 1 rings (SSSR count). The molecule has 0 fully saturated rings. The Hall–Kier alpha value is -2.09. The SMILES string of the molecule is CC#CCNc1ccncc1[N+](=O)[O-]. The zero-order valence-corrected chi connectivity index (χ0v) is 7.65. The maximum absolute atomic E-state index is 10.5. The molecule has 0 aliphatic carbocycles. The molecule has 1 N–H and O–H groups in total. The molecule has 0 aliphatic heterocycles. The van der Waals surface area contributed by atoms with Crippen LogP contribution in [0.5, 0.6) is 0 Å². The Morgan fingerprint density at radius 1 is 1.71 bits per heavy atom. The Kier molecular flexibility index (Phi) is 3.44. The Balaban J connectivity index is 2.83. The van der Waals surface area contributed by atoms with E-state index < -0.39 is 4.92 Å². The summed E-state index contributed by atoms with van der Waals surface area (Å²) in [5.74, 6) is 5.45. The molecule has 0 aromatic carbocycles. The summed E-state index contributed by atoms with van der Waals surface area (Å²) in [5.41, 5.74) is 0.401. The zero-order chi connectivity index (χ0) is 10.4. The van der Waals surface area contributed by atoms with Gasteiger partial charge in [-0.3, -0.25) is 15.1 Å². The van der Waals surface area contributed by atoms with Crippen LogP contribution < -0.4 is 5.32 Å². The van der Waals surface area contributed by atoms with Gasteiger partial charge in [0.1, 0.15) is 11.9 Å². The van der Waals surface area contributed by atoms with Crippen LogP contribution in [0.25, 0.3) is 0 Å². The molecular weight excluding hydrogens is 182 g/mol. The number of aromatic nitrogens is 1. The van der Waals surface area contributed by atoms with Gasteiger partial charge in [-0.1, -0.05) is 5.92 Å². The van der Waals surface area contributed by atoms with E-state index in [1.54, 1.807) is 13.0 Å². The van der Waals surface area contributed by atoms with Crippen LogP contribution in [0, 0.1) is 22.0 Å². The smallest absolute Gasteiger partial charge is 0.310 e. The molecule has 0 radical (unpaired) electrons. The van der Waals surface area contributed by atoms with E-state index in [-0.39, 0.29) is 5.69 Å². The van der Waals surface area contributed by atoms with Crippen LogP contribution in [0.3, 0.4) is 0 Å². The topological polar surface area (TPSA) is 68.1 Å². The summed E-state index contributed by atoms with van der Waals surface area (Å²) in [6.45, 7) is 2.10. The first-order chi connectivity index (χ1) is 6.75. The molecule has 0 saturated heterocycles. The number of nitro groups is 1. The lowest BCUT2D eigenvalue weighted by molar-refractivity contribution is -0.384. The van der Waals surface area contributed by atoms with Gasteiger partial charge < -0.3 is 5.32 Å². The fourth-order valence-electron chi connectivity index (χ4n) is 0.909. The first kappa shape index (κ1) is 9.99. The molecule has 5 nitrogen and oxygen atoms in total. The monoisotopic (exact) mass is 191 g/mol. The Bertz CT molecular complexity index is 393. The van der Waals surface area contributed by atoms with Crippen molar-refractivity contribution in [1.82, 2.24) is 4.98 Å². The molecule has 5 heteroatoms. The lowest BCUT2D eigenvalue weighted by atomic mass is 10.3. The Morgan fingerprint density at radius 2 is 2.50 bits per heavy atom. The van der Waals surface area contributed by atoms with Gasteiger partial charge in [0, 0.05) is 6.20 Å². The number of hydrogen-bond donors (Lipinski definition) is 1. The summed E-state index contributed by atoms with van der Waals surface area (Å²) in [4.78, 5) is 13.7. The van der Waals surface area contributed by atoms with Crippen molar-refractivity contribution < 1.29 is 4.92 Å². The van der Waals surface area contributed by atoms with E-state index in [0.29, 0.717) is 12.2 Å². The van der Waals surface area contributed by atoms with Crippen molar-refractivity contribution in [2.24, 2.45) is 0 Å². The zero-order valence-electron chi connectivity index (χ0n) is 7.65. The summed E-state index contributed by atoms with van der Waals surface area (Å²) < 4.78 is 0. The van der Waals surface area contributed by atoms with Gasteiger partial charge >= 0.3 is 5.69 Å². The summed E-state index contributed by atoms with van der Waals surface area (Å²) >= 11 is 0. The molecule has 1 aromatic heterocycles. The molecule has 1 heterocycles. The Labute approximate surface area is 81.3 Å². The molecule has 1 aromatic rings. The number of pyridine rings is 1. The van der Waals surface area contributed by atoms with Crippen molar-refractivity contribution in [3.63, 3.8) is 0 Å². The van der Waals surface area contributed by atoms with Crippen LogP contribution in [-0.2, 0) is 0 Å². The van der Waals surface area contributed by atoms with Crippen molar-refractivity contribution in [2.45, 2.75) is 6.92 Å². The van der Waals surface area contributed by atoms with Crippen LogP contribution in [0.1, 0.15) is 6.92 Å². The van der Waals surface area contributed by atoms with E-state index >= 15 is 0 Å². The lowest BCUT2D eigenvalue weighted by Crippen LogP contribution is -2.02. The second-order valence-corrected chi connectivity index (χ2v) is 2.43. The molecule has 0 bridgehead atoms. The third kappa shape index (κ3) is 2.45. The fourth-order valence-corrected chi connectivity index (χ4v) is 0.909. The van der Waals surface area contributed by atoms with Crippen molar-refractivity contribution in [1.29, 1.82) is 0 Å². The van der Waals surface area contributed by atoms with E-state index in [1.165, 1.54) is 12.4 Å². The molecule has 0 unspecified atom stereocenters. The molecule has 0 atom stereocenters. The predicted molar refractivity (Wildman–Crippen MR) is 52.8 cm³/mol. The summed E-state index contributed by atoms with van der Waals surface area (Å²) in [6, 6.07) is 1.55. The van der Waals surface area contributed by atoms with E-state index in [1.807, 2.05) is 0 Å². The standard InChI is InChI=1S/C9H9N3O2/c1-2-3-5-11-8-4-6-10-7-9(8)12(13)14/h4,6-7H,5H2,1H3,(H,10,11). The first-order valence-corrected chi connectivity index (χ1v) is 3.97. The van der Waals surface area contributed by atoms with E-state index in [0.717, 1.165) is 0 Å². The highest BCUT2D eigenvalue weighted by Crippen LogP contribution is 2.21. The fraction of sp³-hybridized carbons (Fsp3) is 0.222. The van der Waals surface area contributed by atoms with Crippen molar-refractivity contribution in [3.05, 3.63) is 28.6 Å². The van der Waals surface area contributed by atoms with Gasteiger partial charge in [0.25, 0.3) is 0 Å². The molecule has 0 amide bonds. The average Bonchev–Trinajstić information content (AvgIpc) is 2.19. The highest BCUT2D eigenvalue weighted by atomic mass is 16.6. The summed E-state index contributed by atoms with van der Waals surface area (Å²) in [5, 5.41) is 13.4. The summed E-state index contributed by atoms with van der Waals surface area (Å²) in [6.07, 6.45) is 2.70. The second kappa shape index (κ2) is 4.82. The minimum Gasteiger partial charge on any atom is -0.368 e. The van der Waals surface area contributed by atoms with E-state index in [4.69, 9.17) is 0 Å². The number of hydrogen-bond acceptors (Lipinski definition) is 4. The average molecular weight is 191 g/mol. The number of nitrogens with one attached hydrogen (secondary N) is 1. The molecule has 14 heavy (non-hydrogen) atoms. The summed E-state index contributed by atoms with van der Waals surface area (Å²) in [7, 11) is 0. The quantitative estimate of drug-likeness (QED) is 0.445. The largest absolute Gasteiger partial charge is 0.368 e. The van der Waals surface area contributed by atoms with Crippen LogP contribution in [0.4, 0.5) is 11.4 Å². The van der Waals surface area contributed by atoms with Gasteiger partial charge in [0.05, 0.1) is 11.5 Å². The van der Waals surface area contributed by atoms with E-state index in [2.05, 4.69) is 22.1 Å². The third-order valence-corrected chi connectivity index (χ3v) is 1.54. The molecule has 72 valence electrons. The van der Waals surface area contributed by atoms with Crippen molar-refractivity contribution in [2.75, 3.05) is 11.9 Å². The van der Waals surface area contributed by atoms with Crippen LogP contribution >= 0.6 is 0 Å². The maximum atomic E-state index is 10.5. The van der Waals surface area contributed by atoms with Crippen LogP contribution in [0.15, 0.2) is 18.5 Å². The molecular formula is C9H9N3O2. The van der Waals surface area contributed by atoms with Crippen molar-refractivity contribution in [3.8, 4) is 11.8 Å². The molecule has 0 saturated carbocycles. The minimum atomic E-state index is -0.477. The van der Waals surface area contributed by atoms with Gasteiger partial charge in [-0.25, -0.2) is 0 Å². The Morgan fingerprint density at radius 3 is 3.14 bits per heavy atom. The van der Waals surface area contributed by atoms with Crippen LogP contribution in [0.2, 0.25) is 0 Å². The first-order valence-electron chi connectivity index (χ1n) is 3.97. The molecule has 0 aliphatic rings. The number of nitrogens with zero attached hydrogens (tertiary/aromatic N) is 2. The van der Waals surface area contributed by atoms with Gasteiger partial charge in [0.2, 0.25) is 0 Å². The van der Waals surface area contributed by atoms with Gasteiger partial charge in [-0.05, 0) is 13.0 Å². The van der Waals surface area contributed by atoms with Gasteiger partial charge in [-0.2, -0.15) is 0 Å². The number of anilines is 1. The third-order valence-electron chi connectivity index (χ3n) is 1.54. The highest BCUT2D eigenvalue weighted by Gasteiger charge is 2.11. The van der Waals surface area contributed by atoms with Gasteiger partial charge in [0.15, 0.2) is 0 Å². The highest BCUT2D eigenvalue weighted by molar-refractivity contribution is 5.59. The normalized spacial score (nSPS) is 8.64. The number of rotatable bonds is 3. The lowest BCUT2D eigenvalue weighted by Gasteiger charge is -2.01. The van der Waals surface area contributed by atoms with Crippen LogP contribution in [-0.4, -0.2) is 16.5 Å². The predicted octanol–water partition coefficient (Wildman–Crippen LogP) is 1.42. The van der Waals surface area contributed by atoms with Crippen molar-refractivity contribution >= 4 is 11.4 Å². The maximum Gasteiger partial charge on any atom is 0.310 e. The van der Waals surface area contributed by atoms with E-state index in [9.17, 15) is 10.1 Å².